The monoisotopic (exact) mass is 594 g/mol. The van der Waals surface area contributed by atoms with E-state index in [2.05, 4.69) is 23.7 Å². The van der Waals surface area contributed by atoms with Crippen LogP contribution in [0.25, 0.3) is 0 Å². The summed E-state index contributed by atoms with van der Waals surface area (Å²) in [4.78, 5) is 0.280. The molecule has 0 aliphatic carbocycles. The van der Waals surface area contributed by atoms with Gasteiger partial charge in [-0.2, -0.15) is 0 Å². The van der Waals surface area contributed by atoms with Crippen molar-refractivity contribution in [1.29, 1.82) is 0 Å². The van der Waals surface area contributed by atoms with E-state index in [-0.39, 0.29) is 9.79 Å². The maximum absolute atomic E-state index is 13.3. The minimum absolute atomic E-state index is 0.140. The van der Waals surface area contributed by atoms with Crippen molar-refractivity contribution in [3.63, 3.8) is 0 Å². The maximum atomic E-state index is 13.3. The summed E-state index contributed by atoms with van der Waals surface area (Å²) < 4.78 is 38.5. The molecule has 0 heterocycles. The molecular formula is C36H34O6S. The molecule has 220 valence electrons. The molecule has 0 radical (unpaired) electrons. The van der Waals surface area contributed by atoms with Gasteiger partial charge in [0.05, 0.1) is 9.79 Å². The molecule has 43 heavy (non-hydrogen) atoms. The molecule has 0 spiro atoms. The van der Waals surface area contributed by atoms with Gasteiger partial charge in [-0.1, -0.05) is 23.7 Å². The smallest absolute Gasteiger partial charge is 0.206 e. The molecule has 0 atom stereocenters. The number of ether oxygens (including phenoxy) is 2. The first-order chi connectivity index (χ1) is 20.1. The van der Waals surface area contributed by atoms with Crippen molar-refractivity contribution in [2.45, 2.75) is 62.5 Å². The highest BCUT2D eigenvalue weighted by Gasteiger charge is 2.18. The van der Waals surface area contributed by atoms with Crippen molar-refractivity contribution in [3.8, 4) is 46.7 Å². The molecule has 0 saturated heterocycles. The van der Waals surface area contributed by atoms with Crippen molar-refractivity contribution in [2.24, 2.45) is 0 Å². The summed E-state index contributed by atoms with van der Waals surface area (Å²) in [6.07, 6.45) is 0. The first-order valence-electron chi connectivity index (χ1n) is 13.6. The van der Waals surface area contributed by atoms with Crippen LogP contribution in [0.3, 0.4) is 0 Å². The van der Waals surface area contributed by atoms with E-state index in [9.17, 15) is 18.6 Å². The summed E-state index contributed by atoms with van der Waals surface area (Å²) in [6, 6.07) is 23.4. The molecule has 0 amide bonds. The molecular weight excluding hydrogens is 560 g/mol. The van der Waals surface area contributed by atoms with Gasteiger partial charge in [-0.05, 0) is 138 Å². The van der Waals surface area contributed by atoms with Gasteiger partial charge in [0.15, 0.2) is 0 Å². The summed E-state index contributed by atoms with van der Waals surface area (Å²) in [7, 11) is -3.77. The van der Waals surface area contributed by atoms with Crippen LogP contribution < -0.4 is 9.47 Å². The van der Waals surface area contributed by atoms with Gasteiger partial charge in [0.1, 0.15) is 34.2 Å². The first kappa shape index (κ1) is 31.4. The van der Waals surface area contributed by atoms with E-state index in [0.29, 0.717) is 23.0 Å². The third-order valence-corrected chi connectivity index (χ3v) is 7.88. The second-order valence-electron chi connectivity index (χ2n) is 11.2. The van der Waals surface area contributed by atoms with Crippen LogP contribution in [0.2, 0.25) is 0 Å². The lowest BCUT2D eigenvalue weighted by atomic mass is 10.1. The van der Waals surface area contributed by atoms with Gasteiger partial charge in [0.25, 0.3) is 0 Å². The quantitative estimate of drug-likeness (QED) is 0.234. The molecule has 0 saturated carbocycles. The SMILES string of the molecule is Cc1cc(C#CC(C)(C)O)ccc1Oc1ccc(S(=O)(=O)c2ccc(Oc3ccc(C#CC(C)(C)O)cc3C)cc2)cc1. The number of aliphatic hydroxyl groups is 2. The van der Waals surface area contributed by atoms with E-state index >= 15 is 0 Å². The van der Waals surface area contributed by atoms with E-state index in [0.717, 1.165) is 22.3 Å². The molecule has 6 nitrogen and oxygen atoms in total. The van der Waals surface area contributed by atoms with Crippen molar-refractivity contribution in [1.82, 2.24) is 0 Å². The fraction of sp³-hybridized carbons (Fsp3) is 0.222. The number of benzene rings is 4. The van der Waals surface area contributed by atoms with E-state index in [1.54, 1.807) is 76.2 Å². The van der Waals surface area contributed by atoms with Crippen LogP contribution in [-0.4, -0.2) is 29.8 Å². The average molecular weight is 595 g/mol. The Balaban J connectivity index is 1.44. The Hall–Kier alpha value is -4.53. The van der Waals surface area contributed by atoms with E-state index in [1.165, 1.54) is 24.3 Å². The third kappa shape index (κ3) is 8.73. The molecule has 0 aromatic heterocycles. The summed E-state index contributed by atoms with van der Waals surface area (Å²) >= 11 is 0. The fourth-order valence-corrected chi connectivity index (χ4v) is 5.16. The Morgan fingerprint density at radius 1 is 0.581 bits per heavy atom. The van der Waals surface area contributed by atoms with Gasteiger partial charge < -0.3 is 19.7 Å². The predicted molar refractivity (Wildman–Crippen MR) is 167 cm³/mol. The minimum atomic E-state index is -3.77. The van der Waals surface area contributed by atoms with Crippen molar-refractivity contribution in [2.75, 3.05) is 0 Å². The molecule has 7 heteroatoms. The first-order valence-corrected chi connectivity index (χ1v) is 15.1. The highest BCUT2D eigenvalue weighted by molar-refractivity contribution is 7.91. The Morgan fingerprint density at radius 2 is 0.930 bits per heavy atom. The molecule has 2 N–H and O–H groups in total. The second kappa shape index (κ2) is 12.4. The lowest BCUT2D eigenvalue weighted by molar-refractivity contribution is 0.143. The number of sulfone groups is 1. The fourth-order valence-electron chi connectivity index (χ4n) is 3.90. The van der Waals surface area contributed by atoms with Crippen LogP contribution in [-0.2, 0) is 9.84 Å². The Kier molecular flexibility index (Phi) is 9.04. The van der Waals surface area contributed by atoms with Crippen LogP contribution in [0.5, 0.6) is 23.0 Å². The molecule has 0 unspecified atom stereocenters. The number of hydrogen-bond donors (Lipinski definition) is 2. The molecule has 0 aliphatic rings. The number of aryl methyl sites for hydroxylation is 2. The molecule has 4 aromatic rings. The van der Waals surface area contributed by atoms with Crippen LogP contribution in [0.1, 0.15) is 49.9 Å². The van der Waals surface area contributed by atoms with Crippen LogP contribution in [0.4, 0.5) is 0 Å². The lowest BCUT2D eigenvalue weighted by Gasteiger charge is -2.12. The highest BCUT2D eigenvalue weighted by atomic mass is 32.2. The van der Waals surface area contributed by atoms with E-state index < -0.39 is 21.0 Å². The normalized spacial score (nSPS) is 11.5. The van der Waals surface area contributed by atoms with Gasteiger partial charge in [0.2, 0.25) is 9.84 Å². The number of hydrogen-bond acceptors (Lipinski definition) is 6. The highest BCUT2D eigenvalue weighted by Crippen LogP contribution is 2.30. The molecule has 4 aromatic carbocycles. The molecule has 0 fully saturated rings. The van der Waals surface area contributed by atoms with Crippen LogP contribution >= 0.6 is 0 Å². The molecule has 0 bridgehead atoms. The summed E-state index contributed by atoms with van der Waals surface area (Å²) in [5.41, 5.74) is 1.06. The summed E-state index contributed by atoms with van der Waals surface area (Å²) in [5.74, 6) is 13.7. The Bertz CT molecular complexity index is 1720. The Labute approximate surface area is 253 Å². The second-order valence-corrected chi connectivity index (χ2v) is 13.2. The zero-order chi connectivity index (χ0) is 31.4. The van der Waals surface area contributed by atoms with E-state index in [1.807, 2.05) is 26.0 Å². The third-order valence-electron chi connectivity index (χ3n) is 6.10. The average Bonchev–Trinajstić information content (AvgIpc) is 2.93. The maximum Gasteiger partial charge on any atom is 0.206 e. The lowest BCUT2D eigenvalue weighted by Crippen LogP contribution is -2.14. The van der Waals surface area contributed by atoms with Crippen molar-refractivity contribution < 1.29 is 28.1 Å². The van der Waals surface area contributed by atoms with E-state index in [4.69, 9.17) is 9.47 Å². The predicted octanol–water partition coefficient (Wildman–Crippen LogP) is 6.97. The largest absolute Gasteiger partial charge is 0.457 e. The van der Waals surface area contributed by atoms with Crippen molar-refractivity contribution >= 4 is 9.84 Å². The molecule has 0 aliphatic heterocycles. The van der Waals surface area contributed by atoms with Crippen LogP contribution in [0, 0.1) is 37.5 Å². The van der Waals surface area contributed by atoms with Gasteiger partial charge >= 0.3 is 0 Å². The summed E-state index contributed by atoms with van der Waals surface area (Å²) in [5, 5.41) is 19.6. The van der Waals surface area contributed by atoms with Crippen molar-refractivity contribution in [3.05, 3.63) is 107 Å². The van der Waals surface area contributed by atoms with Gasteiger partial charge in [-0.25, -0.2) is 8.42 Å². The van der Waals surface area contributed by atoms with Crippen LogP contribution in [0.15, 0.2) is 94.7 Å². The zero-order valence-corrected chi connectivity index (χ0v) is 25.8. The van der Waals surface area contributed by atoms with Gasteiger partial charge in [-0.3, -0.25) is 0 Å². The van der Waals surface area contributed by atoms with Gasteiger partial charge in [0, 0.05) is 11.1 Å². The van der Waals surface area contributed by atoms with Gasteiger partial charge in [-0.15, -0.1) is 0 Å². The molecule has 4 rings (SSSR count). The Morgan fingerprint density at radius 3 is 1.23 bits per heavy atom. The standard InChI is InChI=1S/C36H34O6S/c1-25-23-27(19-21-35(3,4)37)7-17-33(25)41-29-9-13-31(14-10-29)43(39,40)32-15-11-30(12-16-32)42-34-18-8-28(24-26(34)2)20-22-36(5,6)38/h7-18,23-24,37-38H,1-6H3. The topological polar surface area (TPSA) is 93.1 Å². The minimum Gasteiger partial charge on any atom is -0.457 e. The zero-order valence-electron chi connectivity index (χ0n) is 25.0. The number of rotatable bonds is 6. The summed E-state index contributed by atoms with van der Waals surface area (Å²) in [6.45, 7) is 10.3.